The first kappa shape index (κ1) is 15.8. The fraction of sp³-hybridized carbons (Fsp3) is 0.500. The molecule has 1 fully saturated rings. The topological polar surface area (TPSA) is 110 Å². The fourth-order valence-corrected chi connectivity index (χ4v) is 3.17. The first-order valence-corrected chi connectivity index (χ1v) is 7.74. The summed E-state index contributed by atoms with van der Waals surface area (Å²) in [4.78, 5) is 9.42. The van der Waals surface area contributed by atoms with Crippen LogP contribution < -0.4 is 4.72 Å². The Bertz CT molecular complexity index is 685. The van der Waals surface area contributed by atoms with Gasteiger partial charge in [0.25, 0.3) is 0 Å². The number of sulfonamides is 1. The molecule has 0 spiro atoms. The summed E-state index contributed by atoms with van der Waals surface area (Å²) in [5, 5.41) is 19.9. The summed E-state index contributed by atoms with van der Waals surface area (Å²) < 4.78 is 40.1. The summed E-state index contributed by atoms with van der Waals surface area (Å²) >= 11 is 0. The van der Waals surface area contributed by atoms with Crippen molar-refractivity contribution in [3.05, 3.63) is 33.6 Å². The average molecular weight is 318 g/mol. The third-order valence-electron chi connectivity index (χ3n) is 3.65. The first-order valence-electron chi connectivity index (χ1n) is 6.26. The SMILES string of the molecule is Cc1cc(S(=O)(=O)NCC2(CO)CC2)cc([N+](=O)[O-])c1F. The molecule has 2 rings (SSSR count). The van der Waals surface area contributed by atoms with Gasteiger partial charge in [-0.05, 0) is 31.4 Å². The highest BCUT2D eigenvalue weighted by atomic mass is 32.2. The third-order valence-corrected chi connectivity index (χ3v) is 5.03. The number of nitro groups is 1. The Hall–Kier alpha value is -1.58. The monoisotopic (exact) mass is 318 g/mol. The van der Waals surface area contributed by atoms with Crippen LogP contribution in [0.3, 0.4) is 0 Å². The average Bonchev–Trinajstić information content (AvgIpc) is 3.20. The Morgan fingerprint density at radius 2 is 2.10 bits per heavy atom. The molecule has 9 heteroatoms. The van der Waals surface area contributed by atoms with Gasteiger partial charge in [-0.2, -0.15) is 4.39 Å². The molecular formula is C12H15FN2O5S. The highest BCUT2D eigenvalue weighted by Gasteiger charge is 2.42. The number of aryl methyl sites for hydroxylation is 1. The second kappa shape index (κ2) is 5.32. The molecule has 1 aromatic carbocycles. The molecule has 0 atom stereocenters. The van der Waals surface area contributed by atoms with E-state index in [1.807, 2.05) is 0 Å². The van der Waals surface area contributed by atoms with Crippen molar-refractivity contribution in [3.63, 3.8) is 0 Å². The minimum atomic E-state index is -3.99. The molecule has 116 valence electrons. The van der Waals surface area contributed by atoms with Gasteiger partial charge >= 0.3 is 5.69 Å². The van der Waals surface area contributed by atoms with Crippen LogP contribution in [0.15, 0.2) is 17.0 Å². The van der Waals surface area contributed by atoms with E-state index in [0.29, 0.717) is 18.9 Å². The molecule has 0 unspecified atom stereocenters. The molecule has 0 radical (unpaired) electrons. The second-order valence-electron chi connectivity index (χ2n) is 5.31. The maximum atomic E-state index is 13.6. The molecular weight excluding hydrogens is 303 g/mol. The minimum Gasteiger partial charge on any atom is -0.396 e. The molecule has 1 aromatic rings. The van der Waals surface area contributed by atoms with E-state index in [9.17, 15) is 22.9 Å². The van der Waals surface area contributed by atoms with Crippen LogP contribution in [0.4, 0.5) is 10.1 Å². The van der Waals surface area contributed by atoms with Gasteiger partial charge in [0.05, 0.1) is 9.82 Å². The number of hydrogen-bond acceptors (Lipinski definition) is 5. The van der Waals surface area contributed by atoms with E-state index in [4.69, 9.17) is 5.11 Å². The van der Waals surface area contributed by atoms with E-state index in [-0.39, 0.29) is 23.6 Å². The van der Waals surface area contributed by atoms with Gasteiger partial charge in [-0.3, -0.25) is 10.1 Å². The molecule has 0 aliphatic heterocycles. The van der Waals surface area contributed by atoms with Crippen molar-refractivity contribution in [2.24, 2.45) is 5.41 Å². The molecule has 0 saturated heterocycles. The number of nitro benzene ring substituents is 1. The van der Waals surface area contributed by atoms with E-state index < -0.39 is 31.9 Å². The van der Waals surface area contributed by atoms with Crippen LogP contribution >= 0.6 is 0 Å². The fourth-order valence-electron chi connectivity index (χ4n) is 1.91. The molecule has 0 heterocycles. The van der Waals surface area contributed by atoms with Gasteiger partial charge in [-0.25, -0.2) is 13.1 Å². The molecule has 1 saturated carbocycles. The predicted molar refractivity (Wildman–Crippen MR) is 71.7 cm³/mol. The highest BCUT2D eigenvalue weighted by Crippen LogP contribution is 2.44. The second-order valence-corrected chi connectivity index (χ2v) is 7.08. The summed E-state index contributed by atoms with van der Waals surface area (Å²) in [6.07, 6.45) is 1.43. The van der Waals surface area contributed by atoms with Gasteiger partial charge in [0.2, 0.25) is 15.8 Å². The summed E-state index contributed by atoms with van der Waals surface area (Å²) in [6.45, 7) is 1.19. The van der Waals surface area contributed by atoms with Crippen molar-refractivity contribution < 1.29 is 22.8 Å². The van der Waals surface area contributed by atoms with Gasteiger partial charge in [-0.15, -0.1) is 0 Å². The molecule has 7 nitrogen and oxygen atoms in total. The lowest BCUT2D eigenvalue weighted by atomic mass is 10.1. The summed E-state index contributed by atoms with van der Waals surface area (Å²) in [5.41, 5.74) is -1.43. The lowest BCUT2D eigenvalue weighted by Crippen LogP contribution is -2.32. The number of rotatable bonds is 6. The zero-order chi connectivity index (χ0) is 15.8. The number of benzene rings is 1. The molecule has 1 aliphatic rings. The quantitative estimate of drug-likeness (QED) is 0.603. The lowest BCUT2D eigenvalue weighted by molar-refractivity contribution is -0.387. The van der Waals surface area contributed by atoms with Gasteiger partial charge in [0.1, 0.15) is 0 Å². The Morgan fingerprint density at radius 3 is 2.57 bits per heavy atom. The number of nitrogens with zero attached hydrogens (tertiary/aromatic N) is 1. The molecule has 2 N–H and O–H groups in total. The maximum Gasteiger partial charge on any atom is 0.306 e. The number of halogens is 1. The van der Waals surface area contributed by atoms with E-state index in [0.717, 1.165) is 6.07 Å². The minimum absolute atomic E-state index is 0.0516. The van der Waals surface area contributed by atoms with Crippen LogP contribution in [-0.2, 0) is 10.0 Å². The van der Waals surface area contributed by atoms with Crippen LogP contribution in [0.25, 0.3) is 0 Å². The van der Waals surface area contributed by atoms with Crippen LogP contribution in [0.5, 0.6) is 0 Å². The normalized spacial score (nSPS) is 16.7. The van der Waals surface area contributed by atoms with E-state index in [2.05, 4.69) is 4.72 Å². The molecule has 21 heavy (non-hydrogen) atoms. The van der Waals surface area contributed by atoms with Crippen molar-refractivity contribution in [1.29, 1.82) is 0 Å². The zero-order valence-electron chi connectivity index (χ0n) is 11.3. The summed E-state index contributed by atoms with van der Waals surface area (Å²) in [6, 6.07) is 1.74. The van der Waals surface area contributed by atoms with Gasteiger partial charge in [0.15, 0.2) is 0 Å². The van der Waals surface area contributed by atoms with Gasteiger partial charge < -0.3 is 5.11 Å². The molecule has 1 aliphatic carbocycles. The number of hydrogen-bond donors (Lipinski definition) is 2. The van der Waals surface area contributed by atoms with Crippen molar-refractivity contribution in [2.45, 2.75) is 24.7 Å². The van der Waals surface area contributed by atoms with Crippen molar-refractivity contribution in [1.82, 2.24) is 4.72 Å². The van der Waals surface area contributed by atoms with Crippen LogP contribution in [-0.4, -0.2) is 31.6 Å². The lowest BCUT2D eigenvalue weighted by Gasteiger charge is -2.13. The van der Waals surface area contributed by atoms with Crippen LogP contribution in [0.1, 0.15) is 18.4 Å². The van der Waals surface area contributed by atoms with Crippen molar-refractivity contribution >= 4 is 15.7 Å². The zero-order valence-corrected chi connectivity index (χ0v) is 12.1. The van der Waals surface area contributed by atoms with E-state index >= 15 is 0 Å². The largest absolute Gasteiger partial charge is 0.396 e. The molecule has 0 aromatic heterocycles. The Kier molecular flexibility index (Phi) is 4.00. The number of aliphatic hydroxyl groups excluding tert-OH is 1. The maximum absolute atomic E-state index is 13.6. The Balaban J connectivity index is 2.30. The van der Waals surface area contributed by atoms with E-state index in [1.54, 1.807) is 0 Å². The Labute approximate surface area is 121 Å². The Morgan fingerprint density at radius 1 is 1.48 bits per heavy atom. The van der Waals surface area contributed by atoms with Crippen LogP contribution in [0, 0.1) is 28.3 Å². The van der Waals surface area contributed by atoms with Gasteiger partial charge in [-0.1, -0.05) is 0 Å². The standard InChI is InChI=1S/C12H15FN2O5S/c1-8-4-9(5-10(11(8)13)15(17)18)21(19,20)14-6-12(7-16)2-3-12/h4-5,14,16H,2-3,6-7H2,1H3. The van der Waals surface area contributed by atoms with Gasteiger partial charge in [0, 0.05) is 24.6 Å². The third kappa shape index (κ3) is 3.20. The highest BCUT2D eigenvalue weighted by molar-refractivity contribution is 7.89. The van der Waals surface area contributed by atoms with Crippen molar-refractivity contribution in [2.75, 3.05) is 13.2 Å². The first-order chi connectivity index (χ1) is 9.71. The summed E-state index contributed by atoms with van der Waals surface area (Å²) in [5.74, 6) is -1.05. The smallest absolute Gasteiger partial charge is 0.306 e. The van der Waals surface area contributed by atoms with E-state index in [1.165, 1.54) is 6.92 Å². The van der Waals surface area contributed by atoms with Crippen molar-refractivity contribution in [3.8, 4) is 0 Å². The number of nitrogens with one attached hydrogen (secondary N) is 1. The molecule has 0 bridgehead atoms. The number of aliphatic hydroxyl groups is 1. The molecule has 0 amide bonds. The predicted octanol–water partition coefficient (Wildman–Crippen LogP) is 1.09. The summed E-state index contributed by atoms with van der Waals surface area (Å²) in [7, 11) is -3.99. The van der Waals surface area contributed by atoms with Crippen LogP contribution in [0.2, 0.25) is 0 Å².